The molecule has 1 aromatic rings. The molecule has 0 radical (unpaired) electrons. The molecule has 0 N–H and O–H groups in total. The monoisotopic (exact) mass is 339 g/mol. The number of piperazine rings is 1. The molecule has 1 aliphatic heterocycles. The molecule has 1 aliphatic rings. The lowest BCUT2D eigenvalue weighted by molar-refractivity contribution is -0.135. The molecular formula is C14H18BrN3O2. The number of amides is 2. The van der Waals surface area contributed by atoms with Gasteiger partial charge in [-0.1, -0.05) is 19.9 Å². The van der Waals surface area contributed by atoms with Crippen LogP contribution in [0.25, 0.3) is 0 Å². The van der Waals surface area contributed by atoms with Gasteiger partial charge < -0.3 is 9.80 Å². The summed E-state index contributed by atoms with van der Waals surface area (Å²) in [6.07, 6.45) is 0. The summed E-state index contributed by atoms with van der Waals surface area (Å²) >= 11 is 3.26. The smallest absolute Gasteiger partial charge is 0.272 e. The van der Waals surface area contributed by atoms with Crippen LogP contribution in [-0.4, -0.2) is 52.8 Å². The average Bonchev–Trinajstić information content (AvgIpc) is 2.46. The fraction of sp³-hybridized carbons (Fsp3) is 0.500. The Bertz CT molecular complexity index is 511. The molecule has 0 aromatic carbocycles. The minimum atomic E-state index is -0.0806. The highest BCUT2D eigenvalue weighted by Gasteiger charge is 2.26. The van der Waals surface area contributed by atoms with E-state index in [0.29, 0.717) is 36.5 Å². The largest absolute Gasteiger partial charge is 0.339 e. The first-order chi connectivity index (χ1) is 9.49. The molecule has 0 unspecified atom stereocenters. The first kappa shape index (κ1) is 15.0. The quantitative estimate of drug-likeness (QED) is 0.772. The second-order valence-corrected chi connectivity index (χ2v) is 5.93. The second kappa shape index (κ2) is 6.35. The number of nitrogens with zero attached hydrogens (tertiary/aromatic N) is 3. The fourth-order valence-electron chi connectivity index (χ4n) is 2.18. The van der Waals surface area contributed by atoms with Crippen LogP contribution in [0.1, 0.15) is 24.3 Å². The van der Waals surface area contributed by atoms with E-state index in [2.05, 4.69) is 20.9 Å². The van der Waals surface area contributed by atoms with Gasteiger partial charge in [-0.25, -0.2) is 4.98 Å². The van der Waals surface area contributed by atoms with Gasteiger partial charge in [-0.2, -0.15) is 0 Å². The van der Waals surface area contributed by atoms with Crippen molar-refractivity contribution < 1.29 is 9.59 Å². The molecule has 0 aliphatic carbocycles. The SMILES string of the molecule is CC(C)C(=O)N1CCN(C(=O)c2cccc(Br)n2)CC1. The van der Waals surface area contributed by atoms with Crippen LogP contribution in [0, 0.1) is 5.92 Å². The van der Waals surface area contributed by atoms with Gasteiger partial charge in [0.2, 0.25) is 5.91 Å². The summed E-state index contributed by atoms with van der Waals surface area (Å²) in [5.74, 6) is 0.0737. The standard InChI is InChI=1S/C14H18BrN3O2/c1-10(2)13(19)17-6-8-18(9-7-17)14(20)11-4-3-5-12(15)16-11/h3-5,10H,6-9H2,1-2H3. The van der Waals surface area contributed by atoms with Crippen molar-refractivity contribution >= 4 is 27.7 Å². The molecule has 5 nitrogen and oxygen atoms in total. The van der Waals surface area contributed by atoms with E-state index in [-0.39, 0.29) is 17.7 Å². The Kier molecular flexibility index (Phi) is 4.75. The van der Waals surface area contributed by atoms with Gasteiger partial charge >= 0.3 is 0 Å². The average molecular weight is 340 g/mol. The number of hydrogen-bond acceptors (Lipinski definition) is 3. The molecule has 1 fully saturated rings. The van der Waals surface area contributed by atoms with E-state index in [1.54, 1.807) is 23.1 Å². The van der Waals surface area contributed by atoms with E-state index < -0.39 is 0 Å². The van der Waals surface area contributed by atoms with Crippen molar-refractivity contribution in [3.05, 3.63) is 28.5 Å². The third kappa shape index (κ3) is 3.36. The zero-order chi connectivity index (χ0) is 14.7. The molecule has 0 saturated carbocycles. The topological polar surface area (TPSA) is 53.5 Å². The summed E-state index contributed by atoms with van der Waals surface area (Å²) in [4.78, 5) is 31.9. The number of aromatic nitrogens is 1. The van der Waals surface area contributed by atoms with E-state index in [9.17, 15) is 9.59 Å². The first-order valence-corrected chi connectivity index (χ1v) is 7.49. The van der Waals surface area contributed by atoms with Crippen molar-refractivity contribution in [3.63, 3.8) is 0 Å². The van der Waals surface area contributed by atoms with Gasteiger partial charge in [0, 0.05) is 32.1 Å². The van der Waals surface area contributed by atoms with Crippen LogP contribution in [0.4, 0.5) is 0 Å². The van der Waals surface area contributed by atoms with Crippen LogP contribution in [0.3, 0.4) is 0 Å². The summed E-state index contributed by atoms with van der Waals surface area (Å²) in [5.41, 5.74) is 0.433. The van der Waals surface area contributed by atoms with Crippen LogP contribution in [0.2, 0.25) is 0 Å². The number of carbonyl (C=O) groups excluding carboxylic acids is 2. The van der Waals surface area contributed by atoms with E-state index in [0.717, 1.165) is 0 Å². The lowest BCUT2D eigenvalue weighted by Gasteiger charge is -2.35. The van der Waals surface area contributed by atoms with Gasteiger partial charge in [-0.15, -0.1) is 0 Å². The number of carbonyl (C=O) groups is 2. The number of rotatable bonds is 2. The van der Waals surface area contributed by atoms with E-state index in [4.69, 9.17) is 0 Å². The molecule has 2 heterocycles. The highest BCUT2D eigenvalue weighted by Crippen LogP contribution is 2.12. The maximum Gasteiger partial charge on any atom is 0.272 e. The summed E-state index contributed by atoms with van der Waals surface area (Å²) in [5, 5.41) is 0. The zero-order valence-electron chi connectivity index (χ0n) is 11.7. The molecule has 1 aromatic heterocycles. The van der Waals surface area contributed by atoms with Gasteiger partial charge in [0.05, 0.1) is 0 Å². The van der Waals surface area contributed by atoms with Crippen molar-refractivity contribution in [2.45, 2.75) is 13.8 Å². The summed E-state index contributed by atoms with van der Waals surface area (Å²) in [6.45, 7) is 6.10. The van der Waals surface area contributed by atoms with Crippen molar-refractivity contribution in [1.82, 2.24) is 14.8 Å². The maximum absolute atomic E-state index is 12.3. The summed E-state index contributed by atoms with van der Waals surface area (Å²) < 4.78 is 0.650. The number of hydrogen-bond donors (Lipinski definition) is 0. The van der Waals surface area contributed by atoms with Crippen molar-refractivity contribution in [2.75, 3.05) is 26.2 Å². The lowest BCUT2D eigenvalue weighted by atomic mass is 10.1. The molecule has 2 rings (SSSR count). The maximum atomic E-state index is 12.3. The molecule has 108 valence electrons. The van der Waals surface area contributed by atoms with Crippen molar-refractivity contribution in [3.8, 4) is 0 Å². The van der Waals surface area contributed by atoms with Crippen LogP contribution in [0.5, 0.6) is 0 Å². The normalized spacial score (nSPS) is 15.6. The van der Waals surface area contributed by atoms with Crippen molar-refractivity contribution in [1.29, 1.82) is 0 Å². The molecule has 20 heavy (non-hydrogen) atoms. The van der Waals surface area contributed by atoms with Gasteiger partial charge in [-0.05, 0) is 28.1 Å². The Morgan fingerprint density at radius 2 is 1.75 bits per heavy atom. The third-order valence-electron chi connectivity index (χ3n) is 3.31. The molecule has 0 atom stereocenters. The Morgan fingerprint density at radius 3 is 2.30 bits per heavy atom. The number of halogens is 1. The van der Waals surface area contributed by atoms with Gasteiger partial charge in [0.25, 0.3) is 5.91 Å². The van der Waals surface area contributed by atoms with Crippen LogP contribution < -0.4 is 0 Å². The van der Waals surface area contributed by atoms with Gasteiger partial charge in [0.15, 0.2) is 0 Å². The number of pyridine rings is 1. The summed E-state index contributed by atoms with van der Waals surface area (Å²) in [6, 6.07) is 5.29. The minimum absolute atomic E-state index is 0.00370. The predicted molar refractivity (Wildman–Crippen MR) is 79.3 cm³/mol. The Balaban J connectivity index is 1.97. The van der Waals surface area contributed by atoms with E-state index >= 15 is 0 Å². The molecule has 6 heteroatoms. The van der Waals surface area contributed by atoms with Crippen LogP contribution in [0.15, 0.2) is 22.8 Å². The third-order valence-corrected chi connectivity index (χ3v) is 3.75. The Hall–Kier alpha value is -1.43. The molecule has 0 spiro atoms. The highest BCUT2D eigenvalue weighted by molar-refractivity contribution is 9.10. The van der Waals surface area contributed by atoms with Crippen LogP contribution >= 0.6 is 15.9 Å². The molecule has 1 saturated heterocycles. The highest BCUT2D eigenvalue weighted by atomic mass is 79.9. The predicted octanol–water partition coefficient (Wildman–Crippen LogP) is 1.78. The van der Waals surface area contributed by atoms with E-state index in [1.807, 2.05) is 18.7 Å². The van der Waals surface area contributed by atoms with Crippen LogP contribution in [-0.2, 0) is 4.79 Å². The van der Waals surface area contributed by atoms with Gasteiger partial charge in [-0.3, -0.25) is 9.59 Å². The second-order valence-electron chi connectivity index (χ2n) is 5.12. The lowest BCUT2D eigenvalue weighted by Crippen LogP contribution is -2.51. The molecular weight excluding hydrogens is 322 g/mol. The molecule has 2 amide bonds. The minimum Gasteiger partial charge on any atom is -0.339 e. The fourth-order valence-corrected chi connectivity index (χ4v) is 2.53. The molecule has 0 bridgehead atoms. The Morgan fingerprint density at radius 1 is 1.15 bits per heavy atom. The van der Waals surface area contributed by atoms with Crippen molar-refractivity contribution in [2.24, 2.45) is 5.92 Å². The summed E-state index contributed by atoms with van der Waals surface area (Å²) in [7, 11) is 0. The van der Waals surface area contributed by atoms with Gasteiger partial charge in [0.1, 0.15) is 10.3 Å². The Labute approximate surface area is 127 Å². The van der Waals surface area contributed by atoms with E-state index in [1.165, 1.54) is 0 Å². The first-order valence-electron chi connectivity index (χ1n) is 6.69. The zero-order valence-corrected chi connectivity index (χ0v) is 13.3.